The van der Waals surface area contributed by atoms with Crippen molar-refractivity contribution in [2.75, 3.05) is 17.3 Å². The van der Waals surface area contributed by atoms with E-state index in [0.717, 1.165) is 18.4 Å². The number of nitrogens with zero attached hydrogens (tertiary/aromatic N) is 2. The monoisotopic (exact) mass is 387 g/mol. The van der Waals surface area contributed by atoms with Gasteiger partial charge < -0.3 is 10.2 Å². The van der Waals surface area contributed by atoms with Crippen molar-refractivity contribution in [2.45, 2.75) is 52.0 Å². The van der Waals surface area contributed by atoms with Crippen LogP contribution in [0.25, 0.3) is 6.08 Å². The molecule has 0 bridgehead atoms. The minimum Gasteiger partial charge on any atom is -0.369 e. The Labute approximate surface area is 173 Å². The summed E-state index contributed by atoms with van der Waals surface area (Å²) in [5.74, 6) is 0.0294. The van der Waals surface area contributed by atoms with Crippen molar-refractivity contribution < 1.29 is 4.79 Å². The van der Waals surface area contributed by atoms with Crippen LogP contribution in [0, 0.1) is 11.3 Å². The lowest BCUT2D eigenvalue weighted by molar-refractivity contribution is -0.112. The maximum atomic E-state index is 12.6. The Kier molecular flexibility index (Phi) is 5.79. The first-order chi connectivity index (χ1) is 13.7. The van der Waals surface area contributed by atoms with Gasteiger partial charge in [0.05, 0.1) is 0 Å². The fourth-order valence-corrected chi connectivity index (χ4v) is 4.02. The highest BCUT2D eigenvalue weighted by molar-refractivity contribution is 6.09. The van der Waals surface area contributed by atoms with Gasteiger partial charge in [0.25, 0.3) is 5.91 Å². The number of amides is 1. The second-order valence-corrected chi connectivity index (χ2v) is 8.47. The minimum absolute atomic E-state index is 0.0988. The van der Waals surface area contributed by atoms with E-state index in [-0.39, 0.29) is 17.0 Å². The van der Waals surface area contributed by atoms with Crippen LogP contribution in [0.4, 0.5) is 11.4 Å². The summed E-state index contributed by atoms with van der Waals surface area (Å²) in [6.07, 6.45) is 3.67. The Hall–Kier alpha value is -3.06. The van der Waals surface area contributed by atoms with Crippen LogP contribution >= 0.6 is 0 Å². The van der Waals surface area contributed by atoms with Crippen LogP contribution in [0.1, 0.15) is 56.7 Å². The first-order valence-corrected chi connectivity index (χ1v) is 10.1. The number of hydrogen-bond acceptors (Lipinski definition) is 3. The highest BCUT2D eigenvalue weighted by Crippen LogP contribution is 2.42. The molecule has 0 fully saturated rings. The molecule has 1 aliphatic rings. The lowest BCUT2D eigenvalue weighted by Crippen LogP contribution is -2.45. The van der Waals surface area contributed by atoms with Gasteiger partial charge in [0.2, 0.25) is 0 Å². The Morgan fingerprint density at radius 3 is 2.59 bits per heavy atom. The Balaban J connectivity index is 1.85. The van der Waals surface area contributed by atoms with Gasteiger partial charge in [-0.15, -0.1) is 0 Å². The lowest BCUT2D eigenvalue weighted by atomic mass is 9.80. The summed E-state index contributed by atoms with van der Waals surface area (Å²) >= 11 is 0. The molecule has 4 heteroatoms. The Bertz CT molecular complexity index is 980. The van der Waals surface area contributed by atoms with E-state index >= 15 is 0 Å². The van der Waals surface area contributed by atoms with E-state index in [1.807, 2.05) is 36.4 Å². The Morgan fingerprint density at radius 1 is 1.28 bits per heavy atom. The van der Waals surface area contributed by atoms with Gasteiger partial charge in [-0.05, 0) is 79.6 Å². The molecule has 0 spiro atoms. The van der Waals surface area contributed by atoms with Gasteiger partial charge in [-0.2, -0.15) is 5.26 Å². The number of nitriles is 1. The first kappa shape index (κ1) is 20.7. The molecule has 0 saturated carbocycles. The summed E-state index contributed by atoms with van der Waals surface area (Å²) in [6, 6.07) is 15.9. The van der Waals surface area contributed by atoms with E-state index in [0.29, 0.717) is 11.6 Å². The second kappa shape index (κ2) is 8.13. The smallest absolute Gasteiger partial charge is 0.266 e. The van der Waals surface area contributed by atoms with Crippen LogP contribution in [0.15, 0.2) is 48.0 Å². The summed E-state index contributed by atoms with van der Waals surface area (Å²) < 4.78 is 0. The minimum atomic E-state index is -0.388. The molecule has 0 saturated heterocycles. The van der Waals surface area contributed by atoms with Crippen LogP contribution < -0.4 is 10.2 Å². The molecule has 1 unspecified atom stereocenters. The Morgan fingerprint density at radius 2 is 1.97 bits per heavy atom. The molecule has 1 atom stereocenters. The van der Waals surface area contributed by atoms with Gasteiger partial charge in [0.15, 0.2) is 0 Å². The zero-order valence-electron chi connectivity index (χ0n) is 17.9. The molecule has 1 aliphatic heterocycles. The van der Waals surface area contributed by atoms with Crippen molar-refractivity contribution in [1.82, 2.24) is 0 Å². The third-order valence-corrected chi connectivity index (χ3v) is 5.95. The number of fused-ring (bicyclic) bond motifs is 1. The standard InChI is InChI=1S/C25H29N3O/c1-6-18-7-10-21(11-8-18)27-24(29)20(16-26)13-19-9-12-23-22(14-19)17(2)15-25(3,4)28(23)5/h7-14,17H,6,15H2,1-5H3,(H,27,29)/b20-13-. The number of hydrogen-bond donors (Lipinski definition) is 1. The van der Waals surface area contributed by atoms with Crippen molar-refractivity contribution in [3.05, 3.63) is 64.7 Å². The quantitative estimate of drug-likeness (QED) is 0.555. The second-order valence-electron chi connectivity index (χ2n) is 8.47. The number of benzene rings is 2. The molecule has 1 heterocycles. The highest BCUT2D eigenvalue weighted by atomic mass is 16.1. The van der Waals surface area contributed by atoms with E-state index in [2.05, 4.69) is 57.1 Å². The lowest BCUT2D eigenvalue weighted by Gasteiger charge is -2.45. The van der Waals surface area contributed by atoms with Crippen LogP contribution in [0.3, 0.4) is 0 Å². The van der Waals surface area contributed by atoms with E-state index in [1.165, 1.54) is 16.8 Å². The molecule has 3 rings (SSSR count). The molecule has 150 valence electrons. The maximum absolute atomic E-state index is 12.6. The summed E-state index contributed by atoms with van der Waals surface area (Å²) in [6.45, 7) is 8.83. The predicted molar refractivity (Wildman–Crippen MR) is 120 cm³/mol. The van der Waals surface area contributed by atoms with Gasteiger partial charge in [0, 0.05) is 24.0 Å². The van der Waals surface area contributed by atoms with Gasteiger partial charge in [-0.3, -0.25) is 4.79 Å². The molecular weight excluding hydrogens is 358 g/mol. The number of carbonyl (C=O) groups excluding carboxylic acids is 1. The molecule has 1 amide bonds. The number of carbonyl (C=O) groups is 1. The topological polar surface area (TPSA) is 56.1 Å². The van der Waals surface area contributed by atoms with E-state index in [9.17, 15) is 10.1 Å². The van der Waals surface area contributed by atoms with Crippen molar-refractivity contribution in [2.24, 2.45) is 0 Å². The first-order valence-electron chi connectivity index (χ1n) is 10.1. The van der Waals surface area contributed by atoms with Crippen molar-refractivity contribution in [1.29, 1.82) is 5.26 Å². The van der Waals surface area contributed by atoms with E-state index in [1.54, 1.807) is 6.08 Å². The number of aryl methyl sites for hydroxylation is 1. The third-order valence-electron chi connectivity index (χ3n) is 5.95. The average Bonchev–Trinajstić information content (AvgIpc) is 2.70. The van der Waals surface area contributed by atoms with Crippen LogP contribution in [-0.2, 0) is 11.2 Å². The summed E-state index contributed by atoms with van der Waals surface area (Å²) in [5, 5.41) is 12.3. The molecule has 1 N–H and O–H groups in total. The van der Waals surface area contributed by atoms with Gasteiger partial charge in [0.1, 0.15) is 11.6 Å². The molecule has 0 aromatic heterocycles. The van der Waals surface area contributed by atoms with Crippen molar-refractivity contribution in [3.8, 4) is 6.07 Å². The van der Waals surface area contributed by atoms with Crippen LogP contribution in [-0.4, -0.2) is 18.5 Å². The molecule has 2 aromatic carbocycles. The molecule has 0 radical (unpaired) electrons. The zero-order valence-corrected chi connectivity index (χ0v) is 17.9. The summed E-state index contributed by atoms with van der Waals surface area (Å²) in [5.41, 5.74) is 5.44. The zero-order chi connectivity index (χ0) is 21.2. The number of rotatable bonds is 4. The van der Waals surface area contributed by atoms with E-state index in [4.69, 9.17) is 0 Å². The van der Waals surface area contributed by atoms with Gasteiger partial charge in [-0.25, -0.2) is 0 Å². The highest BCUT2D eigenvalue weighted by Gasteiger charge is 2.33. The normalized spacial score (nSPS) is 18.0. The summed E-state index contributed by atoms with van der Waals surface area (Å²) in [7, 11) is 2.12. The van der Waals surface area contributed by atoms with Crippen molar-refractivity contribution >= 4 is 23.4 Å². The number of nitrogens with one attached hydrogen (secondary N) is 1. The van der Waals surface area contributed by atoms with Crippen LogP contribution in [0.2, 0.25) is 0 Å². The molecule has 2 aromatic rings. The van der Waals surface area contributed by atoms with Crippen molar-refractivity contribution in [3.63, 3.8) is 0 Å². The fraction of sp³-hybridized carbons (Fsp3) is 0.360. The third kappa shape index (κ3) is 4.35. The molecule has 4 nitrogen and oxygen atoms in total. The van der Waals surface area contributed by atoms with Gasteiger partial charge >= 0.3 is 0 Å². The maximum Gasteiger partial charge on any atom is 0.266 e. The van der Waals surface area contributed by atoms with Gasteiger partial charge in [-0.1, -0.05) is 32.0 Å². The average molecular weight is 388 g/mol. The molecular formula is C25H29N3O. The number of anilines is 2. The predicted octanol–water partition coefficient (Wildman–Crippen LogP) is 5.52. The molecule has 0 aliphatic carbocycles. The summed E-state index contributed by atoms with van der Waals surface area (Å²) in [4.78, 5) is 14.9. The van der Waals surface area contributed by atoms with Crippen LogP contribution in [0.5, 0.6) is 0 Å². The largest absolute Gasteiger partial charge is 0.369 e. The fourth-order valence-electron chi connectivity index (χ4n) is 4.02. The van der Waals surface area contributed by atoms with E-state index < -0.39 is 0 Å². The molecule has 29 heavy (non-hydrogen) atoms. The SMILES string of the molecule is CCc1ccc(NC(=O)/C(C#N)=C\c2ccc3c(c2)C(C)CC(C)(C)N3C)cc1.